The van der Waals surface area contributed by atoms with Gasteiger partial charge in [0.05, 0.1) is 26.4 Å². The lowest BCUT2D eigenvalue weighted by molar-refractivity contribution is -0.161. The Bertz CT molecular complexity index is 1820. The van der Waals surface area contributed by atoms with Gasteiger partial charge in [0.1, 0.15) is 19.3 Å². The Morgan fingerprint density at radius 1 is 0.287 bits per heavy atom. The molecule has 0 aromatic carbocycles. The van der Waals surface area contributed by atoms with E-state index in [4.69, 9.17) is 37.0 Å². The molecule has 0 aromatic rings. The fraction of sp³-hybridized carbons (Fsp3) is 0.947. The minimum atomic E-state index is -4.96. The predicted molar refractivity (Wildman–Crippen MR) is 381 cm³/mol. The number of ether oxygens (including phenoxy) is 4. The number of aliphatic hydroxyl groups excluding tert-OH is 1. The van der Waals surface area contributed by atoms with Gasteiger partial charge in [0, 0.05) is 25.7 Å². The van der Waals surface area contributed by atoms with Gasteiger partial charge < -0.3 is 33.8 Å². The zero-order chi connectivity index (χ0) is 69.3. The Balaban J connectivity index is 5.20. The molecule has 0 spiro atoms. The van der Waals surface area contributed by atoms with Crippen LogP contribution in [-0.4, -0.2) is 96.7 Å². The predicted octanol–water partition coefficient (Wildman–Crippen LogP) is 21.9. The van der Waals surface area contributed by atoms with Gasteiger partial charge in [0.25, 0.3) is 0 Å². The number of carbonyl (C=O) groups is 4. The summed E-state index contributed by atoms with van der Waals surface area (Å²) in [5.41, 5.74) is 0. The Morgan fingerprint density at radius 3 is 0.723 bits per heavy atom. The molecule has 0 radical (unpaired) electrons. The van der Waals surface area contributed by atoms with Crippen LogP contribution in [0.15, 0.2) is 0 Å². The molecular formula is C75H146O17P2. The van der Waals surface area contributed by atoms with Crippen molar-refractivity contribution in [3.05, 3.63) is 0 Å². The van der Waals surface area contributed by atoms with Gasteiger partial charge in [-0.15, -0.1) is 0 Å². The summed E-state index contributed by atoms with van der Waals surface area (Å²) >= 11 is 0. The molecule has 0 fully saturated rings. The Kier molecular flexibility index (Phi) is 65.5. The van der Waals surface area contributed by atoms with Crippen molar-refractivity contribution >= 4 is 39.5 Å². The fourth-order valence-corrected chi connectivity index (χ4v) is 13.1. The standard InChI is InChI=1S/C75H146O17P2/c1-7-9-11-13-15-16-17-22-30-35-41-47-53-59-74(79)91-70(63-85-72(77)57-51-45-37-14-12-10-8-2)65-89-93(81,82)87-61-69(76)62-88-94(83,84)90-66-71(92-75(80)60-54-48-42-36-31-26-21-19-24-28-33-39-44-50-56-68(5)6)64-86-73(78)58-52-46-40-34-29-25-20-18-23-27-32-38-43-49-55-67(3)4/h67-71,76H,7-66H2,1-6H3,(H,81,82)(H,83,84)/t69-,70+,71+/m0/s1. The van der Waals surface area contributed by atoms with Crippen LogP contribution in [0.2, 0.25) is 0 Å². The van der Waals surface area contributed by atoms with Gasteiger partial charge in [0.15, 0.2) is 12.2 Å². The van der Waals surface area contributed by atoms with Crippen LogP contribution in [0.25, 0.3) is 0 Å². The average molecular weight is 1380 g/mol. The molecule has 0 saturated heterocycles. The van der Waals surface area contributed by atoms with Crippen molar-refractivity contribution in [3.8, 4) is 0 Å². The van der Waals surface area contributed by atoms with Gasteiger partial charge in [-0.2, -0.15) is 0 Å². The number of esters is 4. The van der Waals surface area contributed by atoms with E-state index in [0.717, 1.165) is 115 Å². The number of hydrogen-bond donors (Lipinski definition) is 3. The number of rotatable bonds is 74. The van der Waals surface area contributed by atoms with Crippen LogP contribution in [0.5, 0.6) is 0 Å². The molecule has 17 nitrogen and oxygen atoms in total. The summed E-state index contributed by atoms with van der Waals surface area (Å²) in [5, 5.41) is 10.6. The van der Waals surface area contributed by atoms with E-state index in [1.807, 2.05) is 0 Å². The van der Waals surface area contributed by atoms with E-state index in [0.29, 0.717) is 25.7 Å². The lowest BCUT2D eigenvalue weighted by Gasteiger charge is -2.21. The van der Waals surface area contributed by atoms with Crippen LogP contribution >= 0.6 is 15.6 Å². The van der Waals surface area contributed by atoms with Crippen LogP contribution in [0.4, 0.5) is 0 Å². The van der Waals surface area contributed by atoms with Crippen molar-refractivity contribution in [1.29, 1.82) is 0 Å². The zero-order valence-electron chi connectivity index (χ0n) is 61.3. The highest BCUT2D eigenvalue weighted by atomic mass is 31.2. The second kappa shape index (κ2) is 66.9. The summed E-state index contributed by atoms with van der Waals surface area (Å²) in [7, 11) is -9.90. The average Bonchev–Trinajstić information content (AvgIpc) is 2.15. The molecule has 0 aliphatic heterocycles. The number of phosphoric acid groups is 2. The van der Waals surface area contributed by atoms with E-state index in [1.54, 1.807) is 0 Å². The molecule has 0 aliphatic rings. The Hall–Kier alpha value is -1.94. The van der Waals surface area contributed by atoms with E-state index in [9.17, 15) is 43.2 Å². The van der Waals surface area contributed by atoms with Gasteiger partial charge in [0.2, 0.25) is 0 Å². The van der Waals surface area contributed by atoms with Gasteiger partial charge in [-0.05, 0) is 37.5 Å². The van der Waals surface area contributed by atoms with E-state index in [2.05, 4.69) is 41.5 Å². The maximum absolute atomic E-state index is 13.1. The van der Waals surface area contributed by atoms with Crippen molar-refractivity contribution in [2.45, 2.75) is 407 Å². The SMILES string of the molecule is CCCCCCCCCCCCCCCC(=O)O[C@H](COC(=O)CCCCCCCCC)COP(=O)(O)OC[C@H](O)COP(=O)(O)OC[C@@H](COC(=O)CCCCCCCCCCCCCCCCC(C)C)OC(=O)CCCCCCCCCCCCCCCCC(C)C. The largest absolute Gasteiger partial charge is 0.472 e. The van der Waals surface area contributed by atoms with Crippen LogP contribution in [0, 0.1) is 11.8 Å². The first-order chi connectivity index (χ1) is 45.4. The summed E-state index contributed by atoms with van der Waals surface area (Å²) in [6, 6.07) is 0. The van der Waals surface area contributed by atoms with Crippen LogP contribution in [0.3, 0.4) is 0 Å². The summed E-state index contributed by atoms with van der Waals surface area (Å²) in [6.45, 7) is 9.60. The van der Waals surface area contributed by atoms with Crippen molar-refractivity contribution < 1.29 is 80.2 Å². The lowest BCUT2D eigenvalue weighted by Crippen LogP contribution is -2.30. The third kappa shape index (κ3) is 68.6. The zero-order valence-corrected chi connectivity index (χ0v) is 63.1. The summed E-state index contributed by atoms with van der Waals surface area (Å²) in [4.78, 5) is 72.6. The quantitative estimate of drug-likeness (QED) is 0.0222. The number of unbranched alkanes of at least 4 members (excludes halogenated alkanes) is 44. The van der Waals surface area contributed by atoms with Crippen molar-refractivity contribution in [3.63, 3.8) is 0 Å². The van der Waals surface area contributed by atoms with E-state index in [1.165, 1.54) is 193 Å². The topological polar surface area (TPSA) is 237 Å². The third-order valence-electron chi connectivity index (χ3n) is 17.5. The minimum absolute atomic E-state index is 0.107. The first-order valence-corrected chi connectivity index (χ1v) is 42.0. The van der Waals surface area contributed by atoms with Gasteiger partial charge in [-0.3, -0.25) is 37.3 Å². The smallest absolute Gasteiger partial charge is 0.462 e. The molecule has 5 atom stereocenters. The molecule has 94 heavy (non-hydrogen) atoms. The Morgan fingerprint density at radius 2 is 0.489 bits per heavy atom. The highest BCUT2D eigenvalue weighted by molar-refractivity contribution is 7.47. The van der Waals surface area contributed by atoms with Crippen molar-refractivity contribution in [2.75, 3.05) is 39.6 Å². The summed E-state index contributed by atoms with van der Waals surface area (Å²) in [5.74, 6) is -0.525. The second-order valence-corrected chi connectivity index (χ2v) is 30.9. The third-order valence-corrected chi connectivity index (χ3v) is 19.4. The maximum atomic E-state index is 13.1. The molecule has 19 heteroatoms. The van der Waals surface area contributed by atoms with E-state index in [-0.39, 0.29) is 25.7 Å². The minimum Gasteiger partial charge on any atom is -0.462 e. The molecule has 558 valence electrons. The molecule has 0 saturated carbocycles. The summed E-state index contributed by atoms with van der Waals surface area (Å²) < 4.78 is 68.4. The van der Waals surface area contributed by atoms with E-state index < -0.39 is 97.5 Å². The maximum Gasteiger partial charge on any atom is 0.472 e. The molecule has 2 unspecified atom stereocenters. The number of carbonyl (C=O) groups excluding carboxylic acids is 4. The first kappa shape index (κ1) is 92.1. The van der Waals surface area contributed by atoms with Crippen LogP contribution in [0.1, 0.15) is 388 Å². The number of aliphatic hydroxyl groups is 1. The molecule has 0 bridgehead atoms. The molecular weight excluding hydrogens is 1230 g/mol. The monoisotopic (exact) mass is 1380 g/mol. The molecule has 0 aromatic heterocycles. The fourth-order valence-electron chi connectivity index (χ4n) is 11.5. The number of hydrogen-bond acceptors (Lipinski definition) is 15. The van der Waals surface area contributed by atoms with Gasteiger partial charge in [-0.1, -0.05) is 337 Å². The molecule has 0 aliphatic carbocycles. The van der Waals surface area contributed by atoms with Crippen molar-refractivity contribution in [1.82, 2.24) is 0 Å². The summed E-state index contributed by atoms with van der Waals surface area (Å²) in [6.07, 6.45) is 54.1. The van der Waals surface area contributed by atoms with Gasteiger partial charge >= 0.3 is 39.5 Å². The first-order valence-electron chi connectivity index (χ1n) is 39.0. The van der Waals surface area contributed by atoms with Crippen molar-refractivity contribution in [2.24, 2.45) is 11.8 Å². The second-order valence-electron chi connectivity index (χ2n) is 28.0. The molecule has 0 amide bonds. The molecule has 0 heterocycles. The van der Waals surface area contributed by atoms with Crippen LogP contribution < -0.4 is 0 Å². The number of phosphoric ester groups is 2. The van der Waals surface area contributed by atoms with E-state index >= 15 is 0 Å². The van der Waals surface area contributed by atoms with Crippen LogP contribution in [-0.2, 0) is 65.4 Å². The van der Waals surface area contributed by atoms with Gasteiger partial charge in [-0.25, -0.2) is 9.13 Å². The lowest BCUT2D eigenvalue weighted by atomic mass is 10.0. The molecule has 3 N–H and O–H groups in total. The normalized spacial score (nSPS) is 14.0. The Labute approximate surface area is 575 Å². The highest BCUT2D eigenvalue weighted by Gasteiger charge is 2.30. The highest BCUT2D eigenvalue weighted by Crippen LogP contribution is 2.45. The molecule has 0 rings (SSSR count).